The van der Waals surface area contributed by atoms with Gasteiger partial charge < -0.3 is 29.1 Å². The molecule has 2 aromatic carbocycles. The number of likely N-dealkylation sites (tertiary alicyclic amines) is 1. The molecule has 6 rings (SSSR count). The van der Waals surface area contributed by atoms with Gasteiger partial charge in [0, 0.05) is 18.7 Å². The summed E-state index contributed by atoms with van der Waals surface area (Å²) in [4.78, 5) is 55.0. The van der Waals surface area contributed by atoms with E-state index < -0.39 is 102 Å². The van der Waals surface area contributed by atoms with Gasteiger partial charge in [0.1, 0.15) is 28.5 Å². The molecule has 1 unspecified atom stereocenters. The number of alkyl carbamates (subject to hydrolysis) is 1. The minimum Gasteiger partial charge on any atom is -0.482 e. The molecule has 0 aliphatic carbocycles. The first-order valence-electron chi connectivity index (χ1n) is 18.2. The number of halogens is 7. The first kappa shape index (κ1) is 43.0. The standard InChI is InChI=1S/C39H39F7N4O9/c1-36(2,3)59-34(54)47-28(22-7-9-23(10-8-22)56-21-31(51)52)19-50-33(53)32-29(49(35(50)55)18-25-26(38(41,42)43)5-4-6-27(25)40)20-57-37(32)13-15-48(16-14-37)17-24-11-12-30(58-24)39(44,45)46/h4-12,28H,13-21H2,1-3H3,(H,47,54)(H,51,52). The van der Waals surface area contributed by atoms with Crippen molar-refractivity contribution in [2.24, 2.45) is 0 Å². The van der Waals surface area contributed by atoms with Crippen molar-refractivity contribution < 1.29 is 64.1 Å². The molecule has 59 heavy (non-hydrogen) atoms. The second kappa shape index (κ2) is 16.2. The van der Waals surface area contributed by atoms with Crippen LogP contribution in [-0.4, -0.2) is 56.5 Å². The van der Waals surface area contributed by atoms with Crippen LogP contribution < -0.4 is 21.3 Å². The van der Waals surface area contributed by atoms with Crippen LogP contribution in [0.5, 0.6) is 5.75 Å². The summed E-state index contributed by atoms with van der Waals surface area (Å²) in [6, 6.07) is 8.74. The number of nitrogens with one attached hydrogen (secondary N) is 1. The molecule has 2 aromatic heterocycles. The van der Waals surface area contributed by atoms with Crippen LogP contribution in [-0.2, 0) is 58.5 Å². The van der Waals surface area contributed by atoms with Crippen LogP contribution in [0.15, 0.2) is 68.6 Å². The summed E-state index contributed by atoms with van der Waals surface area (Å²) in [7, 11) is 0. The Morgan fingerprint density at radius 2 is 1.59 bits per heavy atom. The Morgan fingerprint density at radius 3 is 2.19 bits per heavy atom. The highest BCUT2D eigenvalue weighted by Crippen LogP contribution is 2.43. The number of hydrogen-bond acceptors (Lipinski definition) is 9. The van der Waals surface area contributed by atoms with Gasteiger partial charge in [0.25, 0.3) is 5.56 Å². The van der Waals surface area contributed by atoms with Gasteiger partial charge in [-0.3, -0.25) is 18.8 Å². The average molecular weight is 841 g/mol. The van der Waals surface area contributed by atoms with E-state index in [1.54, 1.807) is 25.7 Å². The van der Waals surface area contributed by atoms with E-state index in [0.717, 1.165) is 22.8 Å². The first-order chi connectivity index (χ1) is 27.5. The Morgan fingerprint density at radius 1 is 0.915 bits per heavy atom. The quantitative estimate of drug-likeness (QED) is 0.158. The van der Waals surface area contributed by atoms with E-state index in [1.807, 2.05) is 0 Å². The molecule has 318 valence electrons. The van der Waals surface area contributed by atoms with E-state index in [2.05, 4.69) is 5.32 Å². The third-order valence-corrected chi connectivity index (χ3v) is 9.90. The number of rotatable bonds is 11. The summed E-state index contributed by atoms with van der Waals surface area (Å²) in [5.74, 6) is -3.51. The van der Waals surface area contributed by atoms with Gasteiger partial charge in [-0.2, -0.15) is 26.3 Å². The second-order valence-corrected chi connectivity index (χ2v) is 15.1. The Labute approximate surface area is 330 Å². The SMILES string of the molecule is CC(C)(C)OC(=O)NC(Cn1c(=O)c2c(n(Cc3c(F)cccc3C(F)(F)F)c1=O)COC21CCN(Cc2ccc(C(F)(F)F)o2)CC1)c1ccc(OCC(=O)O)cc1. The Kier molecular flexibility index (Phi) is 11.8. The number of aliphatic carboxylic acids is 1. The number of carbonyl (C=O) groups excluding carboxylic acids is 1. The fourth-order valence-electron chi connectivity index (χ4n) is 7.21. The third-order valence-electron chi connectivity index (χ3n) is 9.90. The maximum Gasteiger partial charge on any atom is 0.449 e. The zero-order valence-electron chi connectivity index (χ0n) is 31.8. The molecule has 20 heteroatoms. The third kappa shape index (κ3) is 9.65. The number of piperidine rings is 1. The van der Waals surface area contributed by atoms with Crippen molar-refractivity contribution >= 4 is 12.1 Å². The fraction of sp³-hybridized carbons (Fsp3) is 0.436. The molecule has 4 aromatic rings. The van der Waals surface area contributed by atoms with Crippen LogP contribution >= 0.6 is 0 Å². The summed E-state index contributed by atoms with van der Waals surface area (Å²) >= 11 is 0. The molecular weight excluding hydrogens is 801 g/mol. The van der Waals surface area contributed by atoms with E-state index >= 15 is 4.39 Å². The zero-order chi connectivity index (χ0) is 43.1. The molecule has 1 spiro atoms. The van der Waals surface area contributed by atoms with Crippen molar-refractivity contribution in [3.05, 3.63) is 121 Å². The van der Waals surface area contributed by atoms with E-state index in [0.29, 0.717) is 10.6 Å². The number of carboxylic acid groups (broad SMARTS) is 1. The van der Waals surface area contributed by atoms with Crippen molar-refractivity contribution in [2.75, 3.05) is 19.7 Å². The van der Waals surface area contributed by atoms with Crippen molar-refractivity contribution in [2.45, 2.75) is 89.5 Å². The molecule has 0 radical (unpaired) electrons. The monoisotopic (exact) mass is 840 g/mol. The summed E-state index contributed by atoms with van der Waals surface area (Å²) in [5, 5.41) is 11.6. The Balaban J connectivity index is 1.43. The van der Waals surface area contributed by atoms with Crippen LogP contribution in [0.1, 0.15) is 79.1 Å². The molecule has 0 saturated carbocycles. The highest BCUT2D eigenvalue weighted by molar-refractivity contribution is 5.69. The summed E-state index contributed by atoms with van der Waals surface area (Å²) in [5.41, 5.74) is -6.55. The normalized spacial score (nSPS) is 16.2. The second-order valence-electron chi connectivity index (χ2n) is 15.1. The molecule has 2 aliphatic rings. The molecule has 0 bridgehead atoms. The molecule has 1 saturated heterocycles. The van der Waals surface area contributed by atoms with Crippen LogP contribution in [0, 0.1) is 5.82 Å². The largest absolute Gasteiger partial charge is 0.482 e. The number of amides is 1. The Hall–Kier alpha value is -5.63. The number of alkyl halides is 6. The number of carbonyl (C=O) groups is 2. The summed E-state index contributed by atoms with van der Waals surface area (Å²) in [6.45, 7) is 2.42. The maximum atomic E-state index is 15.3. The van der Waals surface area contributed by atoms with Crippen LogP contribution in [0.3, 0.4) is 0 Å². The van der Waals surface area contributed by atoms with E-state index in [4.69, 9.17) is 23.7 Å². The van der Waals surface area contributed by atoms with Gasteiger partial charge in [0.2, 0.25) is 5.76 Å². The highest BCUT2D eigenvalue weighted by atomic mass is 19.4. The number of carboxylic acids is 1. The molecule has 1 amide bonds. The highest BCUT2D eigenvalue weighted by Gasteiger charge is 2.48. The number of nitrogens with zero attached hydrogens (tertiary/aromatic N) is 3. The molecule has 1 fully saturated rings. The minimum atomic E-state index is -5.03. The summed E-state index contributed by atoms with van der Waals surface area (Å²) in [6.07, 6.45) is -10.6. The number of ether oxygens (including phenoxy) is 3. The van der Waals surface area contributed by atoms with Gasteiger partial charge >= 0.3 is 30.1 Å². The van der Waals surface area contributed by atoms with Gasteiger partial charge in [-0.1, -0.05) is 18.2 Å². The lowest BCUT2D eigenvalue weighted by Crippen LogP contribution is -2.50. The zero-order valence-corrected chi connectivity index (χ0v) is 31.8. The lowest BCUT2D eigenvalue weighted by Gasteiger charge is -2.38. The fourth-order valence-corrected chi connectivity index (χ4v) is 7.21. The Bertz CT molecular complexity index is 2320. The van der Waals surface area contributed by atoms with Crippen molar-refractivity contribution in [3.63, 3.8) is 0 Å². The van der Waals surface area contributed by atoms with Gasteiger partial charge in [-0.25, -0.2) is 18.8 Å². The maximum absolute atomic E-state index is 15.3. The van der Waals surface area contributed by atoms with E-state index in [1.165, 1.54) is 30.3 Å². The minimum absolute atomic E-state index is 0.0194. The van der Waals surface area contributed by atoms with Gasteiger partial charge in [-0.05, 0) is 75.6 Å². The molecule has 1 atom stereocenters. The van der Waals surface area contributed by atoms with Crippen LogP contribution in [0.4, 0.5) is 35.5 Å². The summed E-state index contributed by atoms with van der Waals surface area (Å²) < 4.78 is 121. The smallest absolute Gasteiger partial charge is 0.449 e. The van der Waals surface area contributed by atoms with Crippen molar-refractivity contribution in [1.29, 1.82) is 0 Å². The van der Waals surface area contributed by atoms with Gasteiger partial charge in [0.15, 0.2) is 6.61 Å². The van der Waals surface area contributed by atoms with Crippen molar-refractivity contribution in [3.8, 4) is 5.75 Å². The van der Waals surface area contributed by atoms with Crippen LogP contribution in [0.25, 0.3) is 0 Å². The number of fused-ring (bicyclic) bond motifs is 2. The lowest BCUT2D eigenvalue weighted by atomic mass is 9.85. The average Bonchev–Trinajstić information content (AvgIpc) is 3.76. The number of benzene rings is 2. The topological polar surface area (TPSA) is 154 Å². The molecule has 2 aliphatic heterocycles. The van der Waals surface area contributed by atoms with Crippen molar-refractivity contribution in [1.82, 2.24) is 19.4 Å². The first-order valence-corrected chi connectivity index (χ1v) is 18.2. The van der Waals surface area contributed by atoms with Gasteiger partial charge in [-0.15, -0.1) is 0 Å². The van der Waals surface area contributed by atoms with E-state index in [9.17, 15) is 45.5 Å². The van der Waals surface area contributed by atoms with Gasteiger partial charge in [0.05, 0.1) is 49.1 Å². The lowest BCUT2D eigenvalue weighted by molar-refractivity contribution is -0.153. The van der Waals surface area contributed by atoms with E-state index in [-0.39, 0.29) is 60.8 Å². The number of furan rings is 1. The predicted octanol–water partition coefficient (Wildman–Crippen LogP) is 6.58. The molecule has 13 nitrogen and oxygen atoms in total. The molecular formula is C39H39F7N4O9. The molecule has 2 N–H and O–H groups in total. The van der Waals surface area contributed by atoms with Crippen LogP contribution in [0.2, 0.25) is 0 Å². The number of hydrogen-bond donors (Lipinski definition) is 2. The molecule has 4 heterocycles. The number of aromatic nitrogens is 2. The predicted molar refractivity (Wildman–Crippen MR) is 192 cm³/mol.